The molecule has 31 heavy (non-hydrogen) atoms. The lowest BCUT2D eigenvalue weighted by Crippen LogP contribution is -2.50. The number of nitrogens with one attached hydrogen (secondary N) is 1. The van der Waals surface area contributed by atoms with Crippen molar-refractivity contribution in [3.8, 4) is 0 Å². The van der Waals surface area contributed by atoms with Gasteiger partial charge >= 0.3 is 0 Å². The molecule has 0 spiro atoms. The van der Waals surface area contributed by atoms with Crippen LogP contribution in [0.1, 0.15) is 44.8 Å². The SMILES string of the molecule is Cc1nocc1C(=O)NCC1(c2ccccc2)CCN(C(=O)c2cccc(Cl)c2)CC1. The maximum atomic E-state index is 12.9. The van der Waals surface area contributed by atoms with Crippen LogP contribution in [0.3, 0.4) is 0 Å². The van der Waals surface area contributed by atoms with Crippen LogP contribution >= 0.6 is 11.6 Å². The summed E-state index contributed by atoms with van der Waals surface area (Å²) in [5, 5.41) is 7.39. The molecule has 2 heterocycles. The summed E-state index contributed by atoms with van der Waals surface area (Å²) in [6.07, 6.45) is 2.85. The van der Waals surface area contributed by atoms with Gasteiger partial charge in [0, 0.05) is 35.6 Å². The third-order valence-electron chi connectivity index (χ3n) is 6.05. The molecular formula is C24H24ClN3O3. The third-order valence-corrected chi connectivity index (χ3v) is 6.28. The quantitative estimate of drug-likeness (QED) is 0.647. The first-order valence-electron chi connectivity index (χ1n) is 10.3. The third kappa shape index (κ3) is 4.49. The Bertz CT molecular complexity index is 1070. The van der Waals surface area contributed by atoms with Gasteiger partial charge in [-0.05, 0) is 43.5 Å². The molecular weight excluding hydrogens is 414 g/mol. The molecule has 4 rings (SSSR count). The molecule has 1 N–H and O–H groups in total. The van der Waals surface area contributed by atoms with Crippen LogP contribution in [0, 0.1) is 6.92 Å². The molecule has 0 atom stereocenters. The number of rotatable bonds is 5. The van der Waals surface area contributed by atoms with Crippen molar-refractivity contribution >= 4 is 23.4 Å². The smallest absolute Gasteiger partial charge is 0.256 e. The van der Waals surface area contributed by atoms with E-state index in [4.69, 9.17) is 16.1 Å². The first-order valence-corrected chi connectivity index (χ1v) is 10.7. The number of nitrogens with zero attached hydrogens (tertiary/aromatic N) is 2. The lowest BCUT2D eigenvalue weighted by Gasteiger charge is -2.42. The van der Waals surface area contributed by atoms with Gasteiger partial charge in [0.15, 0.2) is 0 Å². The Labute approximate surface area is 186 Å². The number of aromatic nitrogens is 1. The molecule has 3 aromatic rings. The number of aryl methyl sites for hydroxylation is 1. The molecule has 160 valence electrons. The summed E-state index contributed by atoms with van der Waals surface area (Å²) >= 11 is 6.06. The van der Waals surface area contributed by atoms with Gasteiger partial charge in [-0.25, -0.2) is 0 Å². The van der Waals surface area contributed by atoms with Crippen molar-refractivity contribution in [1.82, 2.24) is 15.4 Å². The fourth-order valence-corrected chi connectivity index (χ4v) is 4.35. The highest BCUT2D eigenvalue weighted by Gasteiger charge is 2.38. The molecule has 2 aromatic carbocycles. The number of hydrogen-bond acceptors (Lipinski definition) is 4. The first kappa shape index (κ1) is 21.1. The van der Waals surface area contributed by atoms with Crippen LogP contribution in [0.2, 0.25) is 5.02 Å². The van der Waals surface area contributed by atoms with E-state index in [1.807, 2.05) is 23.1 Å². The van der Waals surface area contributed by atoms with E-state index in [2.05, 4.69) is 22.6 Å². The molecule has 1 saturated heterocycles. The van der Waals surface area contributed by atoms with Gasteiger partial charge in [-0.1, -0.05) is 53.2 Å². The minimum Gasteiger partial charge on any atom is -0.364 e. The van der Waals surface area contributed by atoms with E-state index in [1.165, 1.54) is 6.26 Å². The molecule has 0 bridgehead atoms. The van der Waals surface area contributed by atoms with E-state index < -0.39 is 0 Å². The summed E-state index contributed by atoms with van der Waals surface area (Å²) in [5.41, 5.74) is 2.50. The molecule has 7 heteroatoms. The summed E-state index contributed by atoms with van der Waals surface area (Å²) in [6, 6.07) is 17.2. The fourth-order valence-electron chi connectivity index (χ4n) is 4.16. The van der Waals surface area contributed by atoms with E-state index in [0.29, 0.717) is 41.5 Å². The van der Waals surface area contributed by atoms with Crippen LogP contribution in [0.4, 0.5) is 0 Å². The summed E-state index contributed by atoms with van der Waals surface area (Å²) < 4.78 is 4.89. The van der Waals surface area contributed by atoms with Gasteiger partial charge in [-0.3, -0.25) is 9.59 Å². The number of halogens is 1. The predicted octanol–water partition coefficient (Wildman–Crippen LogP) is 4.24. The highest BCUT2D eigenvalue weighted by molar-refractivity contribution is 6.30. The van der Waals surface area contributed by atoms with Crippen molar-refractivity contribution in [3.63, 3.8) is 0 Å². The summed E-state index contributed by atoms with van der Waals surface area (Å²) in [5.74, 6) is -0.222. The largest absolute Gasteiger partial charge is 0.364 e. The molecule has 0 aliphatic carbocycles. The monoisotopic (exact) mass is 437 g/mol. The molecule has 1 aliphatic rings. The van der Waals surface area contributed by atoms with Crippen molar-refractivity contribution in [2.75, 3.05) is 19.6 Å². The Morgan fingerprint density at radius 3 is 2.52 bits per heavy atom. The van der Waals surface area contributed by atoms with Crippen LogP contribution in [0.5, 0.6) is 0 Å². The summed E-state index contributed by atoms with van der Waals surface area (Å²) in [4.78, 5) is 27.4. The average Bonchev–Trinajstić information content (AvgIpc) is 3.24. The average molecular weight is 438 g/mol. The highest BCUT2D eigenvalue weighted by Crippen LogP contribution is 2.35. The highest BCUT2D eigenvalue weighted by atomic mass is 35.5. The lowest BCUT2D eigenvalue weighted by molar-refractivity contribution is 0.0656. The van der Waals surface area contributed by atoms with E-state index in [0.717, 1.165) is 18.4 Å². The number of carbonyl (C=O) groups is 2. The second-order valence-corrected chi connectivity index (χ2v) is 8.38. The number of hydrogen-bond donors (Lipinski definition) is 1. The predicted molar refractivity (Wildman–Crippen MR) is 118 cm³/mol. The topological polar surface area (TPSA) is 75.4 Å². The van der Waals surface area contributed by atoms with Gasteiger partial charge in [0.05, 0.1) is 5.69 Å². The Morgan fingerprint density at radius 1 is 1.13 bits per heavy atom. The molecule has 1 fully saturated rings. The van der Waals surface area contributed by atoms with Crippen LogP contribution in [-0.2, 0) is 5.41 Å². The van der Waals surface area contributed by atoms with Gasteiger partial charge in [0.2, 0.25) is 0 Å². The maximum Gasteiger partial charge on any atom is 0.256 e. The van der Waals surface area contributed by atoms with Crippen molar-refractivity contribution in [3.05, 3.63) is 88.3 Å². The molecule has 0 radical (unpaired) electrons. The van der Waals surface area contributed by atoms with Gasteiger partial charge in [0.1, 0.15) is 11.8 Å². The van der Waals surface area contributed by atoms with E-state index in [-0.39, 0.29) is 17.2 Å². The number of likely N-dealkylation sites (tertiary alicyclic amines) is 1. The molecule has 0 unspecified atom stereocenters. The van der Waals surface area contributed by atoms with E-state index in [1.54, 1.807) is 31.2 Å². The molecule has 2 amide bonds. The van der Waals surface area contributed by atoms with Crippen molar-refractivity contribution in [2.45, 2.75) is 25.2 Å². The fraction of sp³-hybridized carbons (Fsp3) is 0.292. The van der Waals surface area contributed by atoms with Gasteiger partial charge in [0.25, 0.3) is 11.8 Å². The van der Waals surface area contributed by atoms with Crippen molar-refractivity contribution in [2.24, 2.45) is 0 Å². The number of benzene rings is 2. The van der Waals surface area contributed by atoms with Crippen molar-refractivity contribution < 1.29 is 14.1 Å². The molecule has 0 saturated carbocycles. The normalized spacial score (nSPS) is 15.5. The van der Waals surface area contributed by atoms with Crippen LogP contribution < -0.4 is 5.32 Å². The zero-order valence-electron chi connectivity index (χ0n) is 17.3. The summed E-state index contributed by atoms with van der Waals surface area (Å²) in [6.45, 7) is 3.41. The Balaban J connectivity index is 1.50. The van der Waals surface area contributed by atoms with E-state index in [9.17, 15) is 9.59 Å². The standard InChI is InChI=1S/C24H24ClN3O3/c1-17-21(15-31-27-17)22(29)26-16-24(19-7-3-2-4-8-19)10-12-28(13-11-24)23(30)18-6-5-9-20(25)14-18/h2-9,14-15H,10-13,16H2,1H3,(H,26,29). The number of carbonyl (C=O) groups excluding carboxylic acids is 2. The first-order chi connectivity index (χ1) is 15.0. The maximum absolute atomic E-state index is 12.9. The number of piperidine rings is 1. The van der Waals surface area contributed by atoms with Crippen LogP contribution in [0.25, 0.3) is 0 Å². The Hall–Kier alpha value is -3.12. The second-order valence-electron chi connectivity index (χ2n) is 7.95. The number of amides is 2. The van der Waals surface area contributed by atoms with Crippen molar-refractivity contribution in [1.29, 1.82) is 0 Å². The Kier molecular flexibility index (Phi) is 6.09. The van der Waals surface area contributed by atoms with Gasteiger partial charge < -0.3 is 14.7 Å². The zero-order valence-corrected chi connectivity index (χ0v) is 18.1. The lowest BCUT2D eigenvalue weighted by atomic mass is 9.72. The second kappa shape index (κ2) is 8.94. The minimum absolute atomic E-state index is 0.0201. The molecule has 6 nitrogen and oxygen atoms in total. The van der Waals surface area contributed by atoms with Gasteiger partial charge in [-0.2, -0.15) is 0 Å². The molecule has 1 aliphatic heterocycles. The van der Waals surface area contributed by atoms with Crippen LogP contribution in [0.15, 0.2) is 65.4 Å². The van der Waals surface area contributed by atoms with Gasteiger partial charge in [-0.15, -0.1) is 0 Å². The minimum atomic E-state index is -0.257. The molecule has 1 aromatic heterocycles. The van der Waals surface area contributed by atoms with E-state index >= 15 is 0 Å². The summed E-state index contributed by atoms with van der Waals surface area (Å²) in [7, 11) is 0. The Morgan fingerprint density at radius 2 is 1.87 bits per heavy atom. The zero-order chi connectivity index (χ0) is 21.8. The van der Waals surface area contributed by atoms with Crippen LogP contribution in [-0.4, -0.2) is 41.5 Å².